The number of benzene rings is 2. The Bertz CT molecular complexity index is 956. The van der Waals surface area contributed by atoms with Crippen LogP contribution in [0.15, 0.2) is 36.4 Å². The summed E-state index contributed by atoms with van der Waals surface area (Å²) in [5.74, 6) is -0.948. The molecule has 3 atom stereocenters. The maximum absolute atomic E-state index is 15.0. The van der Waals surface area contributed by atoms with E-state index in [4.69, 9.17) is 23.2 Å². The van der Waals surface area contributed by atoms with Crippen LogP contribution in [0.25, 0.3) is 0 Å². The zero-order chi connectivity index (χ0) is 20.3. The molecule has 0 aromatic heterocycles. The lowest BCUT2D eigenvalue weighted by molar-refractivity contribution is -0.121. The number of rotatable bonds is 2. The summed E-state index contributed by atoms with van der Waals surface area (Å²) in [7, 11) is 0. The van der Waals surface area contributed by atoms with Crippen molar-refractivity contribution < 1.29 is 9.18 Å². The average Bonchev–Trinajstić information content (AvgIpc) is 3.09. The predicted octanol–water partition coefficient (Wildman–Crippen LogP) is 5.51. The standard InChI is InChI=1S/C22H23Cl2FN2O/c1-21(2,3)10-18-22(14-8-7-12(23)9-17(14)27-20(22)28)15(11-26-18)13-5-4-6-16(24)19(13)25/h4-9,15,18,26H,10-11H2,1-3H3,(H,27,28)/t15-,18-,22-/m1/s1. The molecule has 1 fully saturated rings. The maximum Gasteiger partial charge on any atom is 0.237 e. The quantitative estimate of drug-likeness (QED) is 0.671. The summed E-state index contributed by atoms with van der Waals surface area (Å²) < 4.78 is 15.0. The first-order chi connectivity index (χ1) is 13.1. The Labute approximate surface area is 174 Å². The number of carbonyl (C=O) groups excluding carboxylic acids is 1. The molecule has 2 aliphatic heterocycles. The number of halogens is 3. The van der Waals surface area contributed by atoms with E-state index < -0.39 is 11.2 Å². The van der Waals surface area contributed by atoms with E-state index in [0.29, 0.717) is 22.8 Å². The van der Waals surface area contributed by atoms with Crippen molar-refractivity contribution in [3.63, 3.8) is 0 Å². The van der Waals surface area contributed by atoms with Gasteiger partial charge in [-0.05, 0) is 41.2 Å². The van der Waals surface area contributed by atoms with Crippen LogP contribution in [0.5, 0.6) is 0 Å². The predicted molar refractivity (Wildman–Crippen MR) is 112 cm³/mol. The van der Waals surface area contributed by atoms with Crippen molar-refractivity contribution in [3.8, 4) is 0 Å². The summed E-state index contributed by atoms with van der Waals surface area (Å²) in [6.45, 7) is 6.93. The van der Waals surface area contributed by atoms with E-state index >= 15 is 4.39 Å². The molecule has 0 aliphatic carbocycles. The van der Waals surface area contributed by atoms with E-state index in [1.54, 1.807) is 24.3 Å². The van der Waals surface area contributed by atoms with Crippen LogP contribution in [-0.4, -0.2) is 18.5 Å². The molecule has 1 spiro atoms. The minimum Gasteiger partial charge on any atom is -0.325 e. The Morgan fingerprint density at radius 3 is 2.68 bits per heavy atom. The highest BCUT2D eigenvalue weighted by Crippen LogP contribution is 2.55. The van der Waals surface area contributed by atoms with Gasteiger partial charge in [-0.25, -0.2) is 4.39 Å². The lowest BCUT2D eigenvalue weighted by Gasteiger charge is -2.37. The van der Waals surface area contributed by atoms with Gasteiger partial charge in [0.1, 0.15) is 5.82 Å². The first-order valence-electron chi connectivity index (χ1n) is 9.43. The highest BCUT2D eigenvalue weighted by atomic mass is 35.5. The number of carbonyl (C=O) groups is 1. The molecule has 28 heavy (non-hydrogen) atoms. The Balaban J connectivity index is 1.94. The Hall–Kier alpha value is -1.62. The molecular formula is C22H23Cl2FN2O. The monoisotopic (exact) mass is 420 g/mol. The summed E-state index contributed by atoms with van der Waals surface area (Å²) >= 11 is 12.2. The molecule has 6 heteroatoms. The molecule has 2 heterocycles. The third-order valence-corrected chi connectivity index (χ3v) is 6.42. The van der Waals surface area contributed by atoms with Crippen LogP contribution < -0.4 is 10.6 Å². The van der Waals surface area contributed by atoms with E-state index in [2.05, 4.69) is 31.4 Å². The van der Waals surface area contributed by atoms with Gasteiger partial charge in [0, 0.05) is 29.2 Å². The van der Waals surface area contributed by atoms with Crippen molar-refractivity contribution in [2.45, 2.75) is 44.6 Å². The van der Waals surface area contributed by atoms with Gasteiger partial charge in [0.05, 0.1) is 10.4 Å². The molecule has 0 unspecified atom stereocenters. The maximum atomic E-state index is 15.0. The zero-order valence-corrected chi connectivity index (χ0v) is 17.6. The molecule has 2 N–H and O–H groups in total. The normalized spacial score (nSPS) is 26.6. The topological polar surface area (TPSA) is 41.1 Å². The molecule has 0 bridgehead atoms. The summed E-state index contributed by atoms with van der Waals surface area (Å²) in [6.07, 6.45) is 0.765. The van der Waals surface area contributed by atoms with Crippen molar-refractivity contribution in [2.75, 3.05) is 11.9 Å². The third kappa shape index (κ3) is 2.94. The molecule has 2 aliphatic rings. The molecule has 3 nitrogen and oxygen atoms in total. The van der Waals surface area contributed by atoms with Crippen molar-refractivity contribution in [3.05, 3.63) is 63.4 Å². The molecule has 2 aromatic carbocycles. The number of amides is 1. The van der Waals surface area contributed by atoms with Crippen molar-refractivity contribution in [1.29, 1.82) is 0 Å². The van der Waals surface area contributed by atoms with Gasteiger partial charge in [-0.3, -0.25) is 4.79 Å². The molecule has 0 radical (unpaired) electrons. The summed E-state index contributed by atoms with van der Waals surface area (Å²) in [5, 5.41) is 7.15. The van der Waals surface area contributed by atoms with Crippen LogP contribution in [0.1, 0.15) is 44.2 Å². The molecule has 0 saturated carbocycles. The Morgan fingerprint density at radius 1 is 1.21 bits per heavy atom. The highest BCUT2D eigenvalue weighted by molar-refractivity contribution is 6.31. The molecule has 2 aromatic rings. The van der Waals surface area contributed by atoms with Crippen molar-refractivity contribution in [2.24, 2.45) is 5.41 Å². The lowest BCUT2D eigenvalue weighted by atomic mass is 9.64. The smallest absolute Gasteiger partial charge is 0.237 e. The molecular weight excluding hydrogens is 398 g/mol. The van der Waals surface area contributed by atoms with E-state index in [1.807, 2.05) is 6.07 Å². The SMILES string of the molecule is CC(C)(C)C[C@H]1NC[C@H](c2cccc(Cl)c2F)[C@@]12C(=O)Nc1cc(Cl)ccc12. The average molecular weight is 421 g/mol. The largest absolute Gasteiger partial charge is 0.325 e. The fourth-order valence-electron chi connectivity index (χ4n) is 4.84. The van der Waals surface area contributed by atoms with Crippen LogP contribution in [0.4, 0.5) is 10.1 Å². The summed E-state index contributed by atoms with van der Waals surface area (Å²) in [4.78, 5) is 13.5. The number of anilines is 1. The molecule has 148 valence electrons. The minimum absolute atomic E-state index is 0.0120. The Kier molecular flexibility index (Phi) is 4.72. The van der Waals surface area contributed by atoms with Gasteiger partial charge >= 0.3 is 0 Å². The highest BCUT2D eigenvalue weighted by Gasteiger charge is 2.61. The number of nitrogens with one attached hydrogen (secondary N) is 2. The van der Waals surface area contributed by atoms with Crippen LogP contribution in [-0.2, 0) is 10.2 Å². The van der Waals surface area contributed by atoms with E-state index in [1.165, 1.54) is 6.07 Å². The molecule has 1 saturated heterocycles. The van der Waals surface area contributed by atoms with Crippen LogP contribution in [0.3, 0.4) is 0 Å². The van der Waals surface area contributed by atoms with Gasteiger partial charge in [0.2, 0.25) is 5.91 Å². The van der Waals surface area contributed by atoms with Gasteiger partial charge < -0.3 is 10.6 Å². The zero-order valence-electron chi connectivity index (χ0n) is 16.1. The number of hydrogen-bond donors (Lipinski definition) is 2. The number of hydrogen-bond acceptors (Lipinski definition) is 2. The third-order valence-electron chi connectivity index (χ3n) is 5.89. The van der Waals surface area contributed by atoms with E-state index in [0.717, 1.165) is 12.0 Å². The second kappa shape index (κ2) is 6.72. The van der Waals surface area contributed by atoms with Gasteiger partial charge in [-0.15, -0.1) is 0 Å². The van der Waals surface area contributed by atoms with Crippen LogP contribution in [0, 0.1) is 11.2 Å². The van der Waals surface area contributed by atoms with Crippen LogP contribution >= 0.6 is 23.2 Å². The molecule has 4 rings (SSSR count). The summed E-state index contributed by atoms with van der Waals surface area (Å²) in [6, 6.07) is 10.3. The molecule has 1 amide bonds. The van der Waals surface area contributed by atoms with Gasteiger partial charge in [-0.2, -0.15) is 0 Å². The lowest BCUT2D eigenvalue weighted by Crippen LogP contribution is -2.49. The van der Waals surface area contributed by atoms with E-state index in [9.17, 15) is 4.79 Å². The van der Waals surface area contributed by atoms with E-state index in [-0.39, 0.29) is 28.3 Å². The number of fused-ring (bicyclic) bond motifs is 2. The van der Waals surface area contributed by atoms with Crippen LogP contribution in [0.2, 0.25) is 10.0 Å². The second-order valence-electron chi connectivity index (χ2n) is 8.93. The van der Waals surface area contributed by atoms with Crippen molar-refractivity contribution in [1.82, 2.24) is 5.32 Å². The summed E-state index contributed by atoms with van der Waals surface area (Å²) in [5.41, 5.74) is 1.10. The first kappa shape index (κ1) is 19.7. The minimum atomic E-state index is -0.918. The fourth-order valence-corrected chi connectivity index (χ4v) is 5.19. The fraction of sp³-hybridized carbons (Fsp3) is 0.409. The first-order valence-corrected chi connectivity index (χ1v) is 10.2. The Morgan fingerprint density at radius 2 is 1.96 bits per heavy atom. The van der Waals surface area contributed by atoms with Gasteiger partial charge in [0.25, 0.3) is 0 Å². The van der Waals surface area contributed by atoms with Gasteiger partial charge in [0.15, 0.2) is 0 Å². The van der Waals surface area contributed by atoms with Gasteiger partial charge in [-0.1, -0.05) is 62.2 Å². The van der Waals surface area contributed by atoms with Crippen molar-refractivity contribution >= 4 is 34.8 Å². The second-order valence-corrected chi connectivity index (χ2v) is 9.78.